The number of pyridine rings is 1. The van der Waals surface area contributed by atoms with Crippen molar-refractivity contribution in [2.75, 3.05) is 0 Å². The van der Waals surface area contributed by atoms with E-state index >= 15 is 0 Å². The molecule has 31 heavy (non-hydrogen) atoms. The Kier molecular flexibility index (Phi) is 5.21. The van der Waals surface area contributed by atoms with Crippen LogP contribution in [-0.2, 0) is 7.05 Å². The Morgan fingerprint density at radius 2 is 1.52 bits per heavy atom. The van der Waals surface area contributed by atoms with E-state index in [4.69, 9.17) is 2.74 Å². The first-order valence-electron chi connectivity index (χ1n) is 13.5. The maximum absolute atomic E-state index is 8.71. The summed E-state index contributed by atoms with van der Waals surface area (Å²) in [4.78, 5) is 0. The minimum absolute atomic E-state index is 0.294. The standard InChI is InChI=1S/C30H38N/c1-21-14-15-25-16-17-31(3)30(29(25)18-21)28-20-26(23-10-6-4-7-11-23)19-27(22(28)2)24-12-8-5-9-13-24/h14-20,23-24H,4-13H2,1-3H3/q+1/i16D,17D. The zero-order valence-corrected chi connectivity index (χ0v) is 19.6. The normalized spacial score (nSPS) is 19.5. The van der Waals surface area contributed by atoms with Crippen molar-refractivity contribution in [1.29, 1.82) is 0 Å². The Hall–Kier alpha value is -2.15. The van der Waals surface area contributed by atoms with Crippen LogP contribution < -0.4 is 4.57 Å². The third-order valence-corrected chi connectivity index (χ3v) is 7.97. The van der Waals surface area contributed by atoms with Crippen molar-refractivity contribution in [3.8, 4) is 11.3 Å². The highest BCUT2D eigenvalue weighted by atomic mass is 14.9. The molecule has 0 radical (unpaired) electrons. The average molecular weight is 415 g/mol. The summed E-state index contributed by atoms with van der Waals surface area (Å²) in [7, 11) is 1.98. The second-order valence-electron chi connectivity index (χ2n) is 10.1. The van der Waals surface area contributed by atoms with Gasteiger partial charge in [0.05, 0.1) is 12.3 Å². The molecule has 3 aromatic rings. The SMILES string of the molecule is [2H]c1c([2H])[n+](C)c(-c2cc(C3CCCCC3)cc(C3CCCCC3)c2C)c2cc(C)ccc12. The van der Waals surface area contributed by atoms with Gasteiger partial charge in [-0.2, -0.15) is 0 Å². The van der Waals surface area contributed by atoms with Gasteiger partial charge in [-0.3, -0.25) is 0 Å². The molecule has 2 fully saturated rings. The molecule has 2 aliphatic carbocycles. The van der Waals surface area contributed by atoms with Crippen LogP contribution in [0.15, 0.2) is 42.5 Å². The smallest absolute Gasteiger partial charge is 0.200 e. The average Bonchev–Trinajstić information content (AvgIpc) is 2.84. The molecule has 1 heteroatoms. The second-order valence-corrected chi connectivity index (χ2v) is 10.1. The van der Waals surface area contributed by atoms with Crippen molar-refractivity contribution >= 4 is 10.8 Å². The molecule has 0 aliphatic heterocycles. The van der Waals surface area contributed by atoms with Gasteiger partial charge in [-0.15, -0.1) is 0 Å². The lowest BCUT2D eigenvalue weighted by Gasteiger charge is -2.28. The summed E-state index contributed by atoms with van der Waals surface area (Å²) in [5.74, 6) is 1.31. The summed E-state index contributed by atoms with van der Waals surface area (Å²) < 4.78 is 19.3. The highest BCUT2D eigenvalue weighted by Crippen LogP contribution is 2.42. The van der Waals surface area contributed by atoms with Gasteiger partial charge in [0.1, 0.15) is 8.42 Å². The van der Waals surface area contributed by atoms with E-state index in [1.165, 1.54) is 86.5 Å². The van der Waals surface area contributed by atoms with Gasteiger partial charge in [0.15, 0.2) is 6.17 Å². The Morgan fingerprint density at radius 1 is 0.839 bits per heavy atom. The van der Waals surface area contributed by atoms with E-state index in [0.717, 1.165) is 16.5 Å². The summed E-state index contributed by atoms with van der Waals surface area (Å²) in [6, 6.07) is 11.7. The van der Waals surface area contributed by atoms with Crippen LogP contribution in [0.2, 0.25) is 0 Å². The molecule has 5 rings (SSSR count). The van der Waals surface area contributed by atoms with Crippen LogP contribution in [-0.4, -0.2) is 0 Å². The molecule has 1 heterocycles. The molecular weight excluding hydrogens is 374 g/mol. The summed E-state index contributed by atoms with van der Waals surface area (Å²) >= 11 is 0. The van der Waals surface area contributed by atoms with Crippen molar-refractivity contribution in [3.63, 3.8) is 0 Å². The van der Waals surface area contributed by atoms with Crippen molar-refractivity contribution < 1.29 is 7.31 Å². The molecule has 0 N–H and O–H groups in total. The van der Waals surface area contributed by atoms with Gasteiger partial charge < -0.3 is 0 Å². The number of benzene rings is 2. The Morgan fingerprint density at radius 3 is 2.23 bits per heavy atom. The monoisotopic (exact) mass is 414 g/mol. The van der Waals surface area contributed by atoms with E-state index in [1.54, 1.807) is 5.56 Å². The molecule has 0 atom stereocenters. The summed E-state index contributed by atoms with van der Waals surface area (Å²) in [6.45, 7) is 4.43. The Balaban J connectivity index is 1.79. The molecule has 0 amide bonds. The fourth-order valence-electron chi connectivity index (χ4n) is 6.18. The quantitative estimate of drug-likeness (QED) is 0.382. The molecule has 0 bridgehead atoms. The van der Waals surface area contributed by atoms with Gasteiger partial charge in [-0.25, -0.2) is 4.57 Å². The number of aromatic nitrogens is 1. The van der Waals surface area contributed by atoms with E-state index in [9.17, 15) is 0 Å². The number of nitrogens with zero attached hydrogens (tertiary/aromatic N) is 1. The summed E-state index contributed by atoms with van der Waals surface area (Å²) in [5, 5.41) is 2.00. The van der Waals surface area contributed by atoms with Gasteiger partial charge in [-0.1, -0.05) is 62.3 Å². The molecule has 2 aromatic carbocycles. The molecule has 0 saturated heterocycles. The molecule has 0 spiro atoms. The van der Waals surface area contributed by atoms with Crippen molar-refractivity contribution in [2.45, 2.75) is 89.9 Å². The Bertz CT molecular complexity index is 1180. The maximum Gasteiger partial charge on any atom is 0.220 e. The first kappa shape index (κ1) is 18.4. The molecule has 2 aliphatic rings. The minimum Gasteiger partial charge on any atom is -0.200 e. The number of aryl methyl sites for hydroxylation is 1. The van der Waals surface area contributed by atoms with Crippen LogP contribution in [0, 0.1) is 13.8 Å². The predicted octanol–water partition coefficient (Wildman–Crippen LogP) is 8.04. The van der Waals surface area contributed by atoms with Gasteiger partial charge in [0, 0.05) is 6.04 Å². The summed E-state index contributed by atoms with van der Waals surface area (Å²) in [5.41, 5.74) is 8.05. The lowest BCUT2D eigenvalue weighted by atomic mass is 9.76. The van der Waals surface area contributed by atoms with Crippen LogP contribution in [0.3, 0.4) is 0 Å². The summed E-state index contributed by atoms with van der Waals surface area (Å²) in [6.07, 6.45) is 13.6. The van der Waals surface area contributed by atoms with Crippen molar-refractivity contribution in [2.24, 2.45) is 7.05 Å². The van der Waals surface area contributed by atoms with Gasteiger partial charge in [0.2, 0.25) is 5.69 Å². The maximum atomic E-state index is 8.71. The van der Waals surface area contributed by atoms with E-state index in [-0.39, 0.29) is 0 Å². The van der Waals surface area contributed by atoms with Crippen LogP contribution in [0.1, 0.15) is 101 Å². The first-order valence-corrected chi connectivity index (χ1v) is 12.5. The van der Waals surface area contributed by atoms with E-state index in [2.05, 4.69) is 38.1 Å². The zero-order chi connectivity index (χ0) is 23.1. The van der Waals surface area contributed by atoms with Gasteiger partial charge in [0.25, 0.3) is 0 Å². The molecule has 162 valence electrons. The highest BCUT2D eigenvalue weighted by Gasteiger charge is 2.26. The van der Waals surface area contributed by atoms with E-state index in [0.29, 0.717) is 24.1 Å². The minimum atomic E-state index is 0.294. The van der Waals surface area contributed by atoms with Crippen LogP contribution in [0.25, 0.3) is 22.0 Å². The van der Waals surface area contributed by atoms with Crippen LogP contribution in [0.4, 0.5) is 0 Å². The number of fused-ring (bicyclic) bond motifs is 1. The topological polar surface area (TPSA) is 3.88 Å². The highest BCUT2D eigenvalue weighted by molar-refractivity contribution is 5.94. The molecule has 0 unspecified atom stereocenters. The van der Waals surface area contributed by atoms with Gasteiger partial charge in [-0.05, 0) is 85.6 Å². The number of hydrogen-bond donors (Lipinski definition) is 0. The lowest BCUT2D eigenvalue weighted by molar-refractivity contribution is -0.659. The van der Waals surface area contributed by atoms with E-state index < -0.39 is 0 Å². The van der Waals surface area contributed by atoms with Crippen LogP contribution >= 0.6 is 0 Å². The number of hydrogen-bond acceptors (Lipinski definition) is 0. The second kappa shape index (κ2) is 8.77. The van der Waals surface area contributed by atoms with E-state index in [1.807, 2.05) is 17.7 Å². The number of rotatable bonds is 3. The molecule has 1 nitrogen and oxygen atoms in total. The van der Waals surface area contributed by atoms with Gasteiger partial charge >= 0.3 is 0 Å². The fraction of sp³-hybridized carbons (Fsp3) is 0.500. The largest absolute Gasteiger partial charge is 0.220 e. The third-order valence-electron chi connectivity index (χ3n) is 7.97. The first-order chi connectivity index (χ1) is 16.0. The van der Waals surface area contributed by atoms with Crippen molar-refractivity contribution in [3.05, 3.63) is 64.8 Å². The van der Waals surface area contributed by atoms with Crippen molar-refractivity contribution in [1.82, 2.24) is 0 Å². The zero-order valence-electron chi connectivity index (χ0n) is 21.6. The Labute approximate surface area is 191 Å². The predicted molar refractivity (Wildman–Crippen MR) is 132 cm³/mol. The lowest BCUT2D eigenvalue weighted by Crippen LogP contribution is -2.31. The molecule has 1 aromatic heterocycles. The fourth-order valence-corrected chi connectivity index (χ4v) is 6.18. The molecule has 2 saturated carbocycles. The van der Waals surface area contributed by atoms with Crippen LogP contribution in [0.5, 0.6) is 0 Å². The third kappa shape index (κ3) is 4.04. The molecular formula is C30H38N+.